The van der Waals surface area contributed by atoms with Gasteiger partial charge < -0.3 is 19.9 Å². The molecule has 7 nitrogen and oxygen atoms in total. The Morgan fingerprint density at radius 3 is 2.34 bits per heavy atom. The number of benzene rings is 1. The highest BCUT2D eigenvalue weighted by Crippen LogP contribution is 2.20. The van der Waals surface area contributed by atoms with Crippen molar-refractivity contribution in [2.45, 2.75) is 46.6 Å². The second-order valence-electron chi connectivity index (χ2n) is 7.91. The van der Waals surface area contributed by atoms with E-state index in [0.29, 0.717) is 32.5 Å². The number of likely N-dealkylation sites (N-methyl/N-ethyl adjacent to an activating group) is 1. The molecule has 1 fully saturated rings. The fourth-order valence-corrected chi connectivity index (χ4v) is 3.68. The summed E-state index contributed by atoms with van der Waals surface area (Å²) in [6, 6.07) is 5.55. The van der Waals surface area contributed by atoms with Crippen molar-refractivity contribution in [3.63, 3.8) is 0 Å². The average molecular weight is 405 g/mol. The molecule has 1 aliphatic heterocycles. The Balaban J connectivity index is 1.86. The van der Waals surface area contributed by atoms with Crippen LogP contribution in [0.25, 0.3) is 0 Å². The van der Waals surface area contributed by atoms with Crippen molar-refractivity contribution < 1.29 is 24.0 Å². The first kappa shape index (κ1) is 22.9. The van der Waals surface area contributed by atoms with Gasteiger partial charge in [-0.25, -0.2) is 0 Å². The number of para-hydroxylation sites is 1. The molecule has 1 unspecified atom stereocenters. The van der Waals surface area contributed by atoms with Crippen LogP contribution in [0.15, 0.2) is 18.2 Å². The van der Waals surface area contributed by atoms with Gasteiger partial charge in [-0.05, 0) is 51.7 Å². The van der Waals surface area contributed by atoms with Crippen molar-refractivity contribution in [1.82, 2.24) is 4.90 Å². The largest absolute Gasteiger partial charge is 0.466 e. The molecule has 2 atom stereocenters. The first-order valence-electron chi connectivity index (χ1n) is 10.4. The Bertz CT molecular complexity index is 721. The number of esters is 1. The van der Waals surface area contributed by atoms with E-state index in [0.717, 1.165) is 21.7 Å². The number of piperidine rings is 1. The molecule has 7 heteroatoms. The van der Waals surface area contributed by atoms with Gasteiger partial charge in [0.25, 0.3) is 11.8 Å². The fraction of sp³-hybridized carbons (Fsp3) is 0.591. The van der Waals surface area contributed by atoms with Crippen LogP contribution in [0, 0.1) is 19.8 Å². The molecule has 1 aliphatic rings. The normalized spacial score (nSPS) is 16.8. The van der Waals surface area contributed by atoms with E-state index in [1.807, 2.05) is 46.0 Å². The fourth-order valence-electron chi connectivity index (χ4n) is 3.68. The Labute approximate surface area is 173 Å². The van der Waals surface area contributed by atoms with E-state index in [2.05, 4.69) is 5.32 Å². The van der Waals surface area contributed by atoms with Crippen molar-refractivity contribution in [2.75, 3.05) is 38.6 Å². The van der Waals surface area contributed by atoms with Crippen LogP contribution in [-0.4, -0.2) is 62.0 Å². The van der Waals surface area contributed by atoms with E-state index in [1.165, 1.54) is 0 Å². The minimum atomic E-state index is -0.335. The lowest BCUT2D eigenvalue weighted by Crippen LogP contribution is -3.15. The average Bonchev–Trinajstić information content (AvgIpc) is 2.70. The van der Waals surface area contributed by atoms with Crippen molar-refractivity contribution in [3.8, 4) is 0 Å². The van der Waals surface area contributed by atoms with E-state index in [4.69, 9.17) is 4.74 Å². The molecule has 0 spiro atoms. The third-order valence-corrected chi connectivity index (χ3v) is 5.72. The molecule has 0 radical (unpaired) electrons. The Morgan fingerprint density at radius 2 is 1.79 bits per heavy atom. The van der Waals surface area contributed by atoms with Gasteiger partial charge in [0.2, 0.25) is 0 Å². The lowest BCUT2D eigenvalue weighted by atomic mass is 9.96. The lowest BCUT2D eigenvalue weighted by Gasteiger charge is -2.33. The lowest BCUT2D eigenvalue weighted by molar-refractivity contribution is -0.886. The zero-order chi connectivity index (χ0) is 21.6. The minimum Gasteiger partial charge on any atom is -0.466 e. The van der Waals surface area contributed by atoms with Crippen LogP contribution in [0.1, 0.15) is 37.8 Å². The number of nitrogens with zero attached hydrogens (tertiary/aromatic N) is 1. The van der Waals surface area contributed by atoms with Gasteiger partial charge in [0.1, 0.15) is 0 Å². The zero-order valence-electron chi connectivity index (χ0n) is 18.2. The Kier molecular flexibility index (Phi) is 8.20. The molecule has 2 amide bonds. The van der Waals surface area contributed by atoms with Crippen LogP contribution in [0.5, 0.6) is 0 Å². The van der Waals surface area contributed by atoms with Crippen LogP contribution in [-0.2, 0) is 19.1 Å². The zero-order valence-corrected chi connectivity index (χ0v) is 18.2. The number of carbonyl (C=O) groups excluding carboxylic acids is 3. The smallest absolute Gasteiger partial charge is 0.309 e. The van der Waals surface area contributed by atoms with Crippen LogP contribution < -0.4 is 10.2 Å². The maximum Gasteiger partial charge on any atom is 0.309 e. The standard InChI is InChI=1S/C22H33N3O4/c1-6-29-22(28)18-10-12-25(13-11-18)21(27)17(4)24(5)14-19(26)23-20-15(2)8-7-9-16(20)3/h7-9,17-18H,6,10-14H2,1-5H3,(H,23,26)/p+1/t17-/m1/s1. The summed E-state index contributed by atoms with van der Waals surface area (Å²) in [6.45, 7) is 9.27. The number of anilines is 1. The SMILES string of the molecule is CCOC(=O)C1CCN(C(=O)[C@@H](C)[NH+](C)CC(=O)Nc2c(C)cccc2C)CC1. The summed E-state index contributed by atoms with van der Waals surface area (Å²) in [7, 11) is 1.86. The van der Waals surface area contributed by atoms with E-state index < -0.39 is 0 Å². The van der Waals surface area contributed by atoms with Gasteiger partial charge in [-0.15, -0.1) is 0 Å². The van der Waals surface area contributed by atoms with Crippen LogP contribution in [0.4, 0.5) is 5.69 Å². The minimum absolute atomic E-state index is 0.0182. The molecule has 0 aliphatic carbocycles. The maximum atomic E-state index is 12.8. The summed E-state index contributed by atoms with van der Waals surface area (Å²) in [5.41, 5.74) is 2.87. The second kappa shape index (κ2) is 10.4. The Hall–Kier alpha value is -2.41. The van der Waals surface area contributed by atoms with Crippen molar-refractivity contribution >= 4 is 23.5 Å². The predicted octanol–water partition coefficient (Wildman–Crippen LogP) is 0.947. The molecule has 0 bridgehead atoms. The molecule has 0 saturated carbocycles. The molecule has 0 aromatic heterocycles. The molecular weight excluding hydrogens is 370 g/mol. The molecule has 2 N–H and O–H groups in total. The maximum absolute atomic E-state index is 12.8. The molecule has 1 aromatic rings. The van der Waals surface area contributed by atoms with Gasteiger partial charge in [0.15, 0.2) is 12.6 Å². The third kappa shape index (κ3) is 6.03. The number of nitrogens with one attached hydrogen (secondary N) is 2. The van der Waals surface area contributed by atoms with E-state index in [-0.39, 0.29) is 36.3 Å². The predicted molar refractivity (Wildman–Crippen MR) is 112 cm³/mol. The molecule has 1 aromatic carbocycles. The molecule has 1 saturated heterocycles. The van der Waals surface area contributed by atoms with Crippen molar-refractivity contribution in [3.05, 3.63) is 29.3 Å². The number of likely N-dealkylation sites (tertiary alicyclic amines) is 1. The number of carbonyl (C=O) groups is 3. The van der Waals surface area contributed by atoms with Gasteiger partial charge in [0.05, 0.1) is 19.6 Å². The monoisotopic (exact) mass is 404 g/mol. The number of hydrogen-bond acceptors (Lipinski definition) is 4. The van der Waals surface area contributed by atoms with E-state index in [9.17, 15) is 14.4 Å². The van der Waals surface area contributed by atoms with Gasteiger partial charge in [-0.2, -0.15) is 0 Å². The highest BCUT2D eigenvalue weighted by atomic mass is 16.5. The van der Waals surface area contributed by atoms with Crippen molar-refractivity contribution in [1.29, 1.82) is 0 Å². The number of amides is 2. The summed E-state index contributed by atoms with van der Waals surface area (Å²) in [4.78, 5) is 39.8. The molecule has 2 rings (SSSR count). The van der Waals surface area contributed by atoms with Gasteiger partial charge >= 0.3 is 5.97 Å². The van der Waals surface area contributed by atoms with Gasteiger partial charge in [0, 0.05) is 18.8 Å². The first-order valence-corrected chi connectivity index (χ1v) is 10.4. The van der Waals surface area contributed by atoms with Crippen LogP contribution >= 0.6 is 0 Å². The molecule has 160 valence electrons. The summed E-state index contributed by atoms with van der Waals surface area (Å²) in [6.07, 6.45) is 1.26. The van der Waals surface area contributed by atoms with E-state index >= 15 is 0 Å². The Morgan fingerprint density at radius 1 is 1.21 bits per heavy atom. The van der Waals surface area contributed by atoms with Crippen LogP contribution in [0.3, 0.4) is 0 Å². The highest BCUT2D eigenvalue weighted by Gasteiger charge is 2.33. The molecule has 29 heavy (non-hydrogen) atoms. The second-order valence-corrected chi connectivity index (χ2v) is 7.91. The summed E-state index contributed by atoms with van der Waals surface area (Å²) in [5.74, 6) is -0.383. The number of rotatable bonds is 7. The summed E-state index contributed by atoms with van der Waals surface area (Å²) >= 11 is 0. The summed E-state index contributed by atoms with van der Waals surface area (Å²) < 4.78 is 5.08. The third-order valence-electron chi connectivity index (χ3n) is 5.72. The highest BCUT2D eigenvalue weighted by molar-refractivity contribution is 5.93. The van der Waals surface area contributed by atoms with Crippen LogP contribution in [0.2, 0.25) is 0 Å². The number of hydrogen-bond donors (Lipinski definition) is 2. The molecular formula is C22H34N3O4+. The first-order chi connectivity index (χ1) is 13.7. The number of ether oxygens (including phenoxy) is 1. The quantitative estimate of drug-likeness (QED) is 0.663. The van der Waals surface area contributed by atoms with Crippen molar-refractivity contribution in [2.24, 2.45) is 5.92 Å². The van der Waals surface area contributed by atoms with Gasteiger partial charge in [-0.3, -0.25) is 14.4 Å². The topological polar surface area (TPSA) is 80.2 Å². The number of aryl methyl sites for hydroxylation is 2. The van der Waals surface area contributed by atoms with Gasteiger partial charge in [-0.1, -0.05) is 18.2 Å². The summed E-state index contributed by atoms with van der Waals surface area (Å²) in [5, 5.41) is 2.98. The van der Waals surface area contributed by atoms with E-state index in [1.54, 1.807) is 11.8 Å². The molecule has 1 heterocycles. The number of quaternary nitrogens is 1.